The average molecular weight is 287 g/mol. The van der Waals surface area contributed by atoms with E-state index >= 15 is 0 Å². The third-order valence-electron chi connectivity index (χ3n) is 2.67. The molecule has 0 aliphatic carbocycles. The summed E-state index contributed by atoms with van der Waals surface area (Å²) >= 11 is 7.45. The Morgan fingerprint density at radius 1 is 1.50 bits per heavy atom. The van der Waals surface area contributed by atoms with Crippen LogP contribution in [-0.2, 0) is 7.05 Å². The van der Waals surface area contributed by atoms with E-state index in [1.54, 1.807) is 17.9 Å². The van der Waals surface area contributed by atoms with Gasteiger partial charge in [0.25, 0.3) is 0 Å². The van der Waals surface area contributed by atoms with Crippen LogP contribution in [0, 0.1) is 0 Å². The molecule has 0 saturated heterocycles. The van der Waals surface area contributed by atoms with Crippen LogP contribution < -0.4 is 5.73 Å². The van der Waals surface area contributed by atoms with Crippen LogP contribution in [0.4, 0.5) is 5.13 Å². The van der Waals surface area contributed by atoms with Gasteiger partial charge in [-0.1, -0.05) is 36.8 Å². The van der Waals surface area contributed by atoms with E-state index in [1.165, 1.54) is 11.3 Å². The standard InChI is InChI=1S/C11H15ClN4OS/c1-5(2)8-7(10(12)16(3)15-8)9(17)6-4-14-11(13)18-6/h4-5,9,17H,1-3H3,(H2,13,14). The van der Waals surface area contributed by atoms with Gasteiger partial charge in [-0.15, -0.1) is 0 Å². The Morgan fingerprint density at radius 2 is 2.17 bits per heavy atom. The molecule has 0 saturated carbocycles. The number of halogens is 1. The molecule has 98 valence electrons. The van der Waals surface area contributed by atoms with Crippen LogP contribution in [0.5, 0.6) is 0 Å². The van der Waals surface area contributed by atoms with Crippen molar-refractivity contribution < 1.29 is 5.11 Å². The number of rotatable bonds is 3. The number of thiazole rings is 1. The molecule has 0 aromatic carbocycles. The van der Waals surface area contributed by atoms with Gasteiger partial charge in [-0.2, -0.15) is 5.10 Å². The second-order valence-corrected chi connectivity index (χ2v) is 5.82. The van der Waals surface area contributed by atoms with Gasteiger partial charge in [0.1, 0.15) is 11.3 Å². The lowest BCUT2D eigenvalue weighted by Crippen LogP contribution is -2.02. The number of nitrogen functional groups attached to an aromatic ring is 1. The van der Waals surface area contributed by atoms with Crippen LogP contribution in [0.25, 0.3) is 0 Å². The molecule has 0 amide bonds. The predicted molar refractivity (Wildman–Crippen MR) is 72.9 cm³/mol. The second kappa shape index (κ2) is 4.87. The zero-order valence-corrected chi connectivity index (χ0v) is 12.0. The number of aliphatic hydroxyl groups is 1. The highest BCUT2D eigenvalue weighted by molar-refractivity contribution is 7.15. The molecule has 0 spiro atoms. The summed E-state index contributed by atoms with van der Waals surface area (Å²) in [4.78, 5) is 4.61. The first-order valence-corrected chi connectivity index (χ1v) is 6.72. The average Bonchev–Trinajstić information content (AvgIpc) is 2.84. The second-order valence-electron chi connectivity index (χ2n) is 4.37. The summed E-state index contributed by atoms with van der Waals surface area (Å²) < 4.78 is 1.57. The zero-order valence-electron chi connectivity index (χ0n) is 10.4. The molecule has 2 aromatic rings. The van der Waals surface area contributed by atoms with E-state index in [2.05, 4.69) is 10.1 Å². The van der Waals surface area contributed by atoms with Gasteiger partial charge in [0.2, 0.25) is 0 Å². The highest BCUT2D eigenvalue weighted by Gasteiger charge is 2.25. The first-order valence-electron chi connectivity index (χ1n) is 5.53. The Labute approximate surface area is 114 Å². The largest absolute Gasteiger partial charge is 0.383 e. The molecule has 2 rings (SSSR count). The molecular weight excluding hydrogens is 272 g/mol. The van der Waals surface area contributed by atoms with Crippen molar-refractivity contribution in [3.05, 3.63) is 27.5 Å². The zero-order chi connectivity index (χ0) is 13.4. The molecular formula is C11H15ClN4OS. The van der Waals surface area contributed by atoms with Crippen LogP contribution in [0.3, 0.4) is 0 Å². The van der Waals surface area contributed by atoms with E-state index in [0.717, 1.165) is 5.69 Å². The number of nitrogens with two attached hydrogens (primary N) is 1. The molecule has 1 unspecified atom stereocenters. The van der Waals surface area contributed by atoms with E-state index in [0.29, 0.717) is 20.7 Å². The van der Waals surface area contributed by atoms with Crippen molar-refractivity contribution in [2.75, 3.05) is 5.73 Å². The molecule has 2 heterocycles. The molecule has 3 N–H and O–H groups in total. The number of aliphatic hydroxyl groups excluding tert-OH is 1. The maximum Gasteiger partial charge on any atom is 0.180 e. The number of hydrogen-bond donors (Lipinski definition) is 2. The fourth-order valence-corrected chi connectivity index (χ4v) is 2.71. The normalized spacial score (nSPS) is 13.2. The van der Waals surface area contributed by atoms with Gasteiger partial charge in [-0.25, -0.2) is 4.98 Å². The van der Waals surface area contributed by atoms with Gasteiger partial charge >= 0.3 is 0 Å². The lowest BCUT2D eigenvalue weighted by molar-refractivity contribution is 0.222. The Kier molecular flexibility index (Phi) is 3.61. The van der Waals surface area contributed by atoms with Crippen LogP contribution in [0.2, 0.25) is 5.15 Å². The van der Waals surface area contributed by atoms with Crippen molar-refractivity contribution in [1.82, 2.24) is 14.8 Å². The summed E-state index contributed by atoms with van der Waals surface area (Å²) in [6.45, 7) is 4.02. The summed E-state index contributed by atoms with van der Waals surface area (Å²) in [6.07, 6.45) is 0.733. The van der Waals surface area contributed by atoms with Crippen molar-refractivity contribution >= 4 is 28.1 Å². The molecule has 0 radical (unpaired) electrons. The highest BCUT2D eigenvalue weighted by atomic mass is 35.5. The van der Waals surface area contributed by atoms with Crippen LogP contribution >= 0.6 is 22.9 Å². The van der Waals surface area contributed by atoms with Gasteiger partial charge in [0.05, 0.1) is 10.6 Å². The topological polar surface area (TPSA) is 77.0 Å². The minimum atomic E-state index is -0.835. The Hall–Kier alpha value is -1.11. The quantitative estimate of drug-likeness (QED) is 0.908. The fraction of sp³-hybridized carbons (Fsp3) is 0.455. The lowest BCUT2D eigenvalue weighted by atomic mass is 10.0. The van der Waals surface area contributed by atoms with Gasteiger partial charge in [-0.05, 0) is 5.92 Å². The third-order valence-corrected chi connectivity index (χ3v) is 4.00. The number of anilines is 1. The number of hydrogen-bond acceptors (Lipinski definition) is 5. The molecule has 7 heteroatoms. The van der Waals surface area contributed by atoms with Gasteiger partial charge in [-0.3, -0.25) is 4.68 Å². The maximum absolute atomic E-state index is 10.4. The highest BCUT2D eigenvalue weighted by Crippen LogP contribution is 2.36. The van der Waals surface area contributed by atoms with E-state index in [1.807, 2.05) is 13.8 Å². The summed E-state index contributed by atoms with van der Waals surface area (Å²) in [5.74, 6) is 0.179. The number of aryl methyl sites for hydroxylation is 1. The monoisotopic (exact) mass is 286 g/mol. The van der Waals surface area contributed by atoms with Crippen molar-refractivity contribution in [2.45, 2.75) is 25.9 Å². The number of aromatic nitrogens is 3. The van der Waals surface area contributed by atoms with E-state index in [9.17, 15) is 5.11 Å². The van der Waals surface area contributed by atoms with E-state index in [-0.39, 0.29) is 5.92 Å². The van der Waals surface area contributed by atoms with E-state index < -0.39 is 6.10 Å². The van der Waals surface area contributed by atoms with Gasteiger partial charge in [0.15, 0.2) is 5.13 Å². The molecule has 1 atom stereocenters. The summed E-state index contributed by atoms with van der Waals surface area (Å²) in [6, 6.07) is 0. The van der Waals surface area contributed by atoms with Gasteiger partial charge in [0, 0.05) is 18.8 Å². The minimum Gasteiger partial charge on any atom is -0.383 e. The molecule has 0 aliphatic heterocycles. The number of nitrogens with zero attached hydrogens (tertiary/aromatic N) is 3. The van der Waals surface area contributed by atoms with Crippen LogP contribution in [0.15, 0.2) is 6.20 Å². The van der Waals surface area contributed by atoms with Crippen molar-refractivity contribution in [2.24, 2.45) is 7.05 Å². The smallest absolute Gasteiger partial charge is 0.180 e. The Morgan fingerprint density at radius 3 is 2.67 bits per heavy atom. The summed E-state index contributed by atoms with van der Waals surface area (Å²) in [5.41, 5.74) is 7.01. The van der Waals surface area contributed by atoms with Crippen LogP contribution in [0.1, 0.15) is 42.0 Å². The summed E-state index contributed by atoms with van der Waals surface area (Å²) in [7, 11) is 1.76. The SMILES string of the molecule is CC(C)c1nn(C)c(Cl)c1C(O)c1cnc(N)s1. The van der Waals surface area contributed by atoms with Crippen LogP contribution in [-0.4, -0.2) is 19.9 Å². The molecule has 0 fully saturated rings. The lowest BCUT2D eigenvalue weighted by Gasteiger charge is -2.11. The Balaban J connectivity index is 2.50. The summed E-state index contributed by atoms with van der Waals surface area (Å²) in [5, 5.41) is 15.6. The molecule has 0 bridgehead atoms. The third kappa shape index (κ3) is 2.23. The van der Waals surface area contributed by atoms with Crippen molar-refractivity contribution in [3.8, 4) is 0 Å². The minimum absolute atomic E-state index is 0.179. The van der Waals surface area contributed by atoms with Crippen molar-refractivity contribution in [3.63, 3.8) is 0 Å². The molecule has 2 aromatic heterocycles. The predicted octanol–water partition coefficient (Wildman–Crippen LogP) is 2.32. The first kappa shape index (κ1) is 13.3. The molecule has 5 nitrogen and oxygen atoms in total. The molecule has 18 heavy (non-hydrogen) atoms. The first-order chi connectivity index (χ1) is 8.41. The van der Waals surface area contributed by atoms with E-state index in [4.69, 9.17) is 17.3 Å². The Bertz CT molecular complexity index is 563. The van der Waals surface area contributed by atoms with Crippen molar-refractivity contribution in [1.29, 1.82) is 0 Å². The molecule has 0 aliphatic rings. The maximum atomic E-state index is 10.4. The fourth-order valence-electron chi connectivity index (χ4n) is 1.79. The van der Waals surface area contributed by atoms with Gasteiger partial charge < -0.3 is 10.8 Å².